The minimum absolute atomic E-state index is 0.189. The number of ether oxygens (including phenoxy) is 1. The molecule has 2 rings (SSSR count). The summed E-state index contributed by atoms with van der Waals surface area (Å²) >= 11 is 15.8. The Morgan fingerprint density at radius 3 is 2.58 bits per heavy atom. The zero-order valence-corrected chi connectivity index (χ0v) is 13.5. The van der Waals surface area contributed by atoms with Crippen LogP contribution < -0.4 is 4.74 Å². The monoisotopic (exact) mass is 358 g/mol. The molecule has 2 aromatic rings. The van der Waals surface area contributed by atoms with Gasteiger partial charge in [-0.3, -0.25) is 0 Å². The molecule has 4 heteroatoms. The van der Waals surface area contributed by atoms with E-state index in [4.69, 9.17) is 27.9 Å². The second kappa shape index (κ2) is 6.65. The standard InChI is InChI=1S/C15H13BrCl2O/c1-19-15-6-5-11(9-14(15)18)13(16)8-10-3-2-4-12(17)7-10/h2-7,9,13H,8H2,1H3. The highest BCUT2D eigenvalue weighted by Crippen LogP contribution is 2.33. The molecule has 0 aliphatic heterocycles. The third-order valence-electron chi connectivity index (χ3n) is 2.84. The summed E-state index contributed by atoms with van der Waals surface area (Å²) in [6.45, 7) is 0. The average Bonchev–Trinajstić information content (AvgIpc) is 2.38. The maximum Gasteiger partial charge on any atom is 0.137 e. The number of halogens is 3. The smallest absolute Gasteiger partial charge is 0.137 e. The number of rotatable bonds is 4. The zero-order chi connectivity index (χ0) is 13.8. The molecule has 1 nitrogen and oxygen atoms in total. The van der Waals surface area contributed by atoms with Gasteiger partial charge in [-0.05, 0) is 41.8 Å². The zero-order valence-electron chi connectivity index (χ0n) is 10.4. The van der Waals surface area contributed by atoms with Gasteiger partial charge in [-0.15, -0.1) is 0 Å². The van der Waals surface area contributed by atoms with E-state index < -0.39 is 0 Å². The molecule has 100 valence electrons. The summed E-state index contributed by atoms with van der Waals surface area (Å²) in [6.07, 6.45) is 0.850. The van der Waals surface area contributed by atoms with E-state index in [1.165, 1.54) is 5.56 Å². The molecule has 0 saturated heterocycles. The summed E-state index contributed by atoms with van der Waals surface area (Å²) in [4.78, 5) is 0.189. The Bertz CT molecular complexity index is 572. The van der Waals surface area contributed by atoms with Gasteiger partial charge >= 0.3 is 0 Å². The van der Waals surface area contributed by atoms with Gasteiger partial charge in [-0.2, -0.15) is 0 Å². The van der Waals surface area contributed by atoms with Gasteiger partial charge < -0.3 is 4.74 Å². The van der Waals surface area contributed by atoms with E-state index in [0.29, 0.717) is 10.8 Å². The molecule has 1 unspecified atom stereocenters. The molecular formula is C15H13BrCl2O. The van der Waals surface area contributed by atoms with Crippen molar-refractivity contribution in [2.45, 2.75) is 11.2 Å². The molecule has 0 N–H and O–H groups in total. The molecule has 0 amide bonds. The molecule has 0 fully saturated rings. The van der Waals surface area contributed by atoms with Crippen LogP contribution in [0.3, 0.4) is 0 Å². The van der Waals surface area contributed by atoms with Crippen LogP contribution in [-0.2, 0) is 6.42 Å². The van der Waals surface area contributed by atoms with Gasteiger partial charge in [0.25, 0.3) is 0 Å². The van der Waals surface area contributed by atoms with Crippen LogP contribution in [0.4, 0.5) is 0 Å². The Morgan fingerprint density at radius 1 is 1.16 bits per heavy atom. The first-order chi connectivity index (χ1) is 9.10. The third kappa shape index (κ3) is 3.88. The first kappa shape index (κ1) is 14.7. The first-order valence-corrected chi connectivity index (χ1v) is 7.49. The van der Waals surface area contributed by atoms with E-state index in [1.807, 2.05) is 36.4 Å². The maximum absolute atomic E-state index is 6.13. The lowest BCUT2D eigenvalue weighted by molar-refractivity contribution is 0.415. The molecule has 0 aliphatic rings. The molecule has 0 aromatic heterocycles. The number of alkyl halides is 1. The summed E-state index contributed by atoms with van der Waals surface area (Å²) in [5.41, 5.74) is 2.30. The fourth-order valence-corrected chi connectivity index (χ4v) is 3.00. The predicted molar refractivity (Wildman–Crippen MR) is 84.8 cm³/mol. The Balaban J connectivity index is 2.15. The minimum atomic E-state index is 0.189. The number of hydrogen-bond acceptors (Lipinski definition) is 1. The molecule has 1 atom stereocenters. The topological polar surface area (TPSA) is 9.23 Å². The Hall–Kier alpha value is -0.700. The first-order valence-electron chi connectivity index (χ1n) is 5.82. The highest BCUT2D eigenvalue weighted by molar-refractivity contribution is 9.09. The fourth-order valence-electron chi connectivity index (χ4n) is 1.87. The highest BCUT2D eigenvalue weighted by atomic mass is 79.9. The minimum Gasteiger partial charge on any atom is -0.495 e. The predicted octanol–water partition coefficient (Wildman–Crippen LogP) is 5.68. The van der Waals surface area contributed by atoms with Crippen LogP contribution in [0.25, 0.3) is 0 Å². The van der Waals surface area contributed by atoms with E-state index in [-0.39, 0.29) is 4.83 Å². The summed E-state index contributed by atoms with van der Waals surface area (Å²) in [5.74, 6) is 0.688. The van der Waals surface area contributed by atoms with Crippen LogP contribution in [0.2, 0.25) is 10.0 Å². The van der Waals surface area contributed by atoms with Crippen LogP contribution in [0, 0.1) is 0 Å². The lowest BCUT2D eigenvalue weighted by atomic mass is 10.0. The van der Waals surface area contributed by atoms with Crippen LogP contribution in [0.1, 0.15) is 16.0 Å². The molecule has 0 radical (unpaired) electrons. The maximum atomic E-state index is 6.13. The fraction of sp³-hybridized carbons (Fsp3) is 0.200. The molecular weight excluding hydrogens is 347 g/mol. The molecule has 0 bridgehead atoms. The largest absolute Gasteiger partial charge is 0.495 e. The van der Waals surface area contributed by atoms with Crippen molar-refractivity contribution in [1.82, 2.24) is 0 Å². The van der Waals surface area contributed by atoms with Gasteiger partial charge in [-0.1, -0.05) is 57.3 Å². The van der Waals surface area contributed by atoms with E-state index >= 15 is 0 Å². The van der Waals surface area contributed by atoms with Crippen molar-refractivity contribution >= 4 is 39.1 Å². The van der Waals surface area contributed by atoms with Crippen LogP contribution in [-0.4, -0.2) is 7.11 Å². The van der Waals surface area contributed by atoms with Gasteiger partial charge in [0.2, 0.25) is 0 Å². The second-order valence-corrected chi connectivity index (χ2v) is 6.14. The van der Waals surface area contributed by atoms with Gasteiger partial charge in [-0.25, -0.2) is 0 Å². The molecule has 0 spiro atoms. The van der Waals surface area contributed by atoms with Crippen molar-refractivity contribution in [2.24, 2.45) is 0 Å². The van der Waals surface area contributed by atoms with Crippen molar-refractivity contribution in [3.05, 3.63) is 63.6 Å². The molecule has 0 heterocycles. The lowest BCUT2D eigenvalue weighted by Gasteiger charge is -2.12. The van der Waals surface area contributed by atoms with E-state index in [0.717, 1.165) is 17.0 Å². The van der Waals surface area contributed by atoms with Gasteiger partial charge in [0, 0.05) is 9.85 Å². The quantitative estimate of drug-likeness (QED) is 0.638. The summed E-state index contributed by atoms with van der Waals surface area (Å²) in [7, 11) is 1.61. The van der Waals surface area contributed by atoms with E-state index in [9.17, 15) is 0 Å². The summed E-state index contributed by atoms with van der Waals surface area (Å²) < 4.78 is 5.15. The average molecular weight is 360 g/mol. The molecule has 2 aromatic carbocycles. The molecule has 19 heavy (non-hydrogen) atoms. The Kier molecular flexibility index (Phi) is 5.14. The number of benzene rings is 2. The van der Waals surface area contributed by atoms with Gasteiger partial charge in [0.05, 0.1) is 12.1 Å². The third-order valence-corrected chi connectivity index (χ3v) is 4.22. The SMILES string of the molecule is COc1ccc(C(Br)Cc2cccc(Cl)c2)cc1Cl. The highest BCUT2D eigenvalue weighted by Gasteiger charge is 2.11. The Labute approximate surface area is 131 Å². The van der Waals surface area contributed by atoms with Crippen LogP contribution in [0.15, 0.2) is 42.5 Å². The van der Waals surface area contributed by atoms with E-state index in [1.54, 1.807) is 7.11 Å². The van der Waals surface area contributed by atoms with Crippen LogP contribution in [0.5, 0.6) is 5.75 Å². The summed E-state index contributed by atoms with van der Waals surface area (Å²) in [5, 5.41) is 1.38. The lowest BCUT2D eigenvalue weighted by Crippen LogP contribution is -1.96. The van der Waals surface area contributed by atoms with Gasteiger partial charge in [0.15, 0.2) is 0 Å². The van der Waals surface area contributed by atoms with Crippen LogP contribution >= 0.6 is 39.1 Å². The molecule has 0 saturated carbocycles. The van der Waals surface area contributed by atoms with Crippen molar-refractivity contribution in [2.75, 3.05) is 7.11 Å². The van der Waals surface area contributed by atoms with E-state index in [2.05, 4.69) is 22.0 Å². The number of methoxy groups -OCH3 is 1. The summed E-state index contributed by atoms with van der Waals surface area (Å²) in [6, 6.07) is 13.7. The van der Waals surface area contributed by atoms with Crippen molar-refractivity contribution in [3.8, 4) is 5.75 Å². The Morgan fingerprint density at radius 2 is 1.95 bits per heavy atom. The van der Waals surface area contributed by atoms with Crippen molar-refractivity contribution in [3.63, 3.8) is 0 Å². The van der Waals surface area contributed by atoms with Crippen molar-refractivity contribution in [1.29, 1.82) is 0 Å². The second-order valence-electron chi connectivity index (χ2n) is 4.20. The normalized spacial score (nSPS) is 12.2. The number of hydrogen-bond donors (Lipinski definition) is 0. The van der Waals surface area contributed by atoms with Crippen molar-refractivity contribution < 1.29 is 4.74 Å². The van der Waals surface area contributed by atoms with Gasteiger partial charge in [0.1, 0.15) is 5.75 Å². The molecule has 0 aliphatic carbocycles.